The van der Waals surface area contributed by atoms with Crippen molar-refractivity contribution >= 4 is 23.2 Å². The number of fused-ring (bicyclic) bond motifs is 7. The number of benzene rings is 1. The number of aliphatic hydroxyl groups is 2. The molecule has 1 aromatic rings. The Hall–Kier alpha value is -1.93. The standard InChI is InChI=1S/C30H34ClF2NO4/c1-27-7-6-20(36)10-23(27)24(32)11-22-21-9-18-14-34(13-17-4-3-5-19(31)8-17)16-29(18,26(38)15-35)28(21,2)12-25(37)30(22,27)33/h3-8,10,18,21-22,24-25,35,37H,9,11-16H2,1-2H3/t18-,21-,22-,24-,25-,27-,28-,29+,30-/m0/s1. The Morgan fingerprint density at radius 3 is 2.71 bits per heavy atom. The van der Waals surface area contributed by atoms with E-state index in [9.17, 15) is 19.8 Å². The van der Waals surface area contributed by atoms with Crippen LogP contribution in [0.25, 0.3) is 0 Å². The van der Waals surface area contributed by atoms with Crippen LogP contribution in [0.5, 0.6) is 0 Å². The summed E-state index contributed by atoms with van der Waals surface area (Å²) in [6.07, 6.45) is 1.33. The third-order valence-corrected chi connectivity index (χ3v) is 11.4. The van der Waals surface area contributed by atoms with Crippen LogP contribution < -0.4 is 0 Å². The van der Waals surface area contributed by atoms with Crippen molar-refractivity contribution in [3.8, 4) is 0 Å². The lowest BCUT2D eigenvalue weighted by Crippen LogP contribution is -2.69. The molecule has 4 fully saturated rings. The van der Waals surface area contributed by atoms with Crippen molar-refractivity contribution in [1.29, 1.82) is 0 Å². The van der Waals surface area contributed by atoms with Gasteiger partial charge in [0.25, 0.3) is 0 Å². The molecule has 0 radical (unpaired) electrons. The first kappa shape index (κ1) is 26.3. The fourth-order valence-electron chi connectivity index (χ4n) is 9.53. The van der Waals surface area contributed by atoms with Crippen molar-refractivity contribution in [2.75, 3.05) is 19.7 Å². The van der Waals surface area contributed by atoms with Gasteiger partial charge in [-0.1, -0.05) is 36.7 Å². The van der Waals surface area contributed by atoms with E-state index in [-0.39, 0.29) is 41.8 Å². The van der Waals surface area contributed by atoms with E-state index in [0.717, 1.165) is 5.56 Å². The van der Waals surface area contributed by atoms with Crippen LogP contribution >= 0.6 is 11.6 Å². The number of hydrogen-bond acceptors (Lipinski definition) is 5. The molecular weight excluding hydrogens is 512 g/mol. The molecule has 2 N–H and O–H groups in total. The Bertz CT molecular complexity index is 1270. The predicted molar refractivity (Wildman–Crippen MR) is 139 cm³/mol. The minimum atomic E-state index is -2.18. The first-order valence-corrected chi connectivity index (χ1v) is 13.9. The van der Waals surface area contributed by atoms with E-state index < -0.39 is 46.7 Å². The van der Waals surface area contributed by atoms with Gasteiger partial charge in [-0.05, 0) is 78.9 Å². The third kappa shape index (κ3) is 3.19. The molecule has 5 aliphatic rings. The third-order valence-electron chi connectivity index (χ3n) is 11.2. The molecule has 0 amide bonds. The number of carbonyl (C=O) groups excluding carboxylic acids is 2. The summed E-state index contributed by atoms with van der Waals surface area (Å²) >= 11 is 6.19. The van der Waals surface area contributed by atoms with Gasteiger partial charge in [0, 0.05) is 36.0 Å². The molecule has 6 rings (SSSR count). The number of alkyl halides is 2. The molecule has 0 bridgehead atoms. The molecular formula is C30H34ClF2NO4. The molecule has 8 heteroatoms. The highest BCUT2D eigenvalue weighted by molar-refractivity contribution is 6.30. The summed E-state index contributed by atoms with van der Waals surface area (Å²) in [5.74, 6) is -2.01. The van der Waals surface area contributed by atoms with E-state index in [1.165, 1.54) is 18.2 Å². The zero-order valence-corrected chi connectivity index (χ0v) is 22.4. The Morgan fingerprint density at radius 1 is 1.24 bits per heavy atom. The normalized spacial score (nSPS) is 45.7. The number of allylic oxidation sites excluding steroid dienone is 4. The van der Waals surface area contributed by atoms with Crippen molar-refractivity contribution in [3.63, 3.8) is 0 Å². The highest BCUT2D eigenvalue weighted by Gasteiger charge is 2.78. The molecule has 0 spiro atoms. The van der Waals surface area contributed by atoms with Gasteiger partial charge in [0.2, 0.25) is 0 Å². The van der Waals surface area contributed by atoms with Gasteiger partial charge in [-0.2, -0.15) is 0 Å². The Morgan fingerprint density at radius 2 is 2.00 bits per heavy atom. The van der Waals surface area contributed by atoms with Gasteiger partial charge < -0.3 is 10.2 Å². The van der Waals surface area contributed by atoms with Crippen LogP contribution in [-0.4, -0.2) is 64.3 Å². The fourth-order valence-corrected chi connectivity index (χ4v) is 9.75. The maximum Gasteiger partial charge on any atom is 0.178 e. The number of halogens is 3. The Balaban J connectivity index is 1.40. The van der Waals surface area contributed by atoms with Gasteiger partial charge in [-0.3, -0.25) is 14.5 Å². The van der Waals surface area contributed by atoms with E-state index in [1.54, 1.807) is 13.0 Å². The van der Waals surface area contributed by atoms with Crippen molar-refractivity contribution in [2.45, 2.75) is 57.6 Å². The molecule has 1 heterocycles. The van der Waals surface area contributed by atoms with Crippen LogP contribution in [-0.2, 0) is 16.1 Å². The van der Waals surface area contributed by atoms with Crippen LogP contribution in [0, 0.1) is 34.0 Å². The van der Waals surface area contributed by atoms with Crippen LogP contribution in [0.1, 0.15) is 38.7 Å². The summed E-state index contributed by atoms with van der Waals surface area (Å²) in [6.45, 7) is 4.44. The summed E-state index contributed by atoms with van der Waals surface area (Å²) in [4.78, 5) is 27.9. The Labute approximate surface area is 226 Å². The van der Waals surface area contributed by atoms with Crippen LogP contribution in [0.15, 0.2) is 48.1 Å². The second-order valence-corrected chi connectivity index (χ2v) is 13.1. The zero-order valence-electron chi connectivity index (χ0n) is 21.7. The molecule has 9 atom stereocenters. The highest BCUT2D eigenvalue weighted by Crippen LogP contribution is 2.74. The summed E-state index contributed by atoms with van der Waals surface area (Å²) in [5, 5.41) is 22.4. The molecule has 204 valence electrons. The monoisotopic (exact) mass is 545 g/mol. The number of ketones is 2. The van der Waals surface area contributed by atoms with Gasteiger partial charge in [0.05, 0.1) is 11.5 Å². The predicted octanol–water partition coefficient (Wildman–Crippen LogP) is 4.25. The van der Waals surface area contributed by atoms with Gasteiger partial charge in [0.1, 0.15) is 12.8 Å². The number of carbonyl (C=O) groups is 2. The molecule has 4 aliphatic carbocycles. The van der Waals surface area contributed by atoms with Gasteiger partial charge in [-0.25, -0.2) is 8.78 Å². The number of rotatable bonds is 4. The summed E-state index contributed by atoms with van der Waals surface area (Å²) in [5.41, 5.74) is -4.32. The summed E-state index contributed by atoms with van der Waals surface area (Å²) in [6, 6.07) is 7.55. The lowest BCUT2D eigenvalue weighted by molar-refractivity contribution is -0.212. The van der Waals surface area contributed by atoms with E-state index in [1.807, 2.05) is 25.1 Å². The maximum atomic E-state index is 17.4. The number of nitrogens with zero attached hydrogens (tertiary/aromatic N) is 1. The second-order valence-electron chi connectivity index (χ2n) is 12.6. The van der Waals surface area contributed by atoms with Crippen LogP contribution in [0.3, 0.4) is 0 Å². The van der Waals surface area contributed by atoms with E-state index in [0.29, 0.717) is 31.1 Å². The molecule has 0 unspecified atom stereocenters. The SMILES string of the molecule is C[C@]12C=CC(=O)C=C1[C@@H](F)C[C@H]1[C@@H]3C[C@H]4CN(Cc5cccc(Cl)c5)C[C@@]4(C(=O)CO)[C@@]3(C)C[C@H](O)[C@@]12F. The summed E-state index contributed by atoms with van der Waals surface area (Å²) in [7, 11) is 0. The minimum absolute atomic E-state index is 0.0273. The van der Waals surface area contributed by atoms with E-state index in [4.69, 9.17) is 11.6 Å². The minimum Gasteiger partial charge on any atom is -0.390 e. The number of aliphatic hydroxyl groups excluding tert-OH is 2. The second kappa shape index (κ2) is 8.53. The van der Waals surface area contributed by atoms with E-state index in [2.05, 4.69) is 4.90 Å². The zero-order chi connectivity index (χ0) is 27.3. The fraction of sp³-hybridized carbons (Fsp3) is 0.600. The smallest absolute Gasteiger partial charge is 0.178 e. The quantitative estimate of drug-likeness (QED) is 0.591. The molecule has 1 saturated heterocycles. The maximum absolute atomic E-state index is 17.4. The molecule has 0 aromatic heterocycles. The number of Topliss-reactive ketones (excluding diaryl/α,β-unsaturated/α-hetero) is 1. The Kier molecular flexibility index (Phi) is 5.91. The van der Waals surface area contributed by atoms with Crippen LogP contribution in [0.2, 0.25) is 5.02 Å². The molecule has 5 nitrogen and oxygen atoms in total. The van der Waals surface area contributed by atoms with Gasteiger partial charge in [0.15, 0.2) is 17.2 Å². The average molecular weight is 546 g/mol. The molecule has 3 saturated carbocycles. The summed E-state index contributed by atoms with van der Waals surface area (Å²) < 4.78 is 33.2. The van der Waals surface area contributed by atoms with E-state index >= 15 is 8.78 Å². The molecule has 1 aliphatic heterocycles. The van der Waals surface area contributed by atoms with Crippen LogP contribution in [0.4, 0.5) is 8.78 Å². The highest BCUT2D eigenvalue weighted by atomic mass is 35.5. The first-order valence-electron chi connectivity index (χ1n) is 13.5. The van der Waals surface area contributed by atoms with Crippen molar-refractivity contribution in [3.05, 3.63) is 58.7 Å². The van der Waals surface area contributed by atoms with Gasteiger partial charge in [-0.15, -0.1) is 0 Å². The van der Waals surface area contributed by atoms with Crippen molar-refractivity contribution in [1.82, 2.24) is 4.90 Å². The first-order chi connectivity index (χ1) is 17.9. The largest absolute Gasteiger partial charge is 0.390 e. The molecule has 38 heavy (non-hydrogen) atoms. The van der Waals surface area contributed by atoms with Gasteiger partial charge >= 0.3 is 0 Å². The lowest BCUT2D eigenvalue weighted by atomic mass is 9.43. The average Bonchev–Trinajstić information content (AvgIpc) is 3.34. The lowest BCUT2D eigenvalue weighted by Gasteiger charge is -2.63. The number of likely N-dealkylation sites (tertiary alicyclic amines) is 1. The van der Waals surface area contributed by atoms with Crippen molar-refractivity contribution in [2.24, 2.45) is 34.0 Å². The van der Waals surface area contributed by atoms with Crippen molar-refractivity contribution < 1.29 is 28.6 Å². The number of hydrogen-bond donors (Lipinski definition) is 2. The molecule has 1 aromatic carbocycles. The topological polar surface area (TPSA) is 77.8 Å².